The van der Waals surface area contributed by atoms with Crippen LogP contribution in [0, 0.1) is 0 Å². The molecule has 0 saturated heterocycles. The quantitative estimate of drug-likeness (QED) is 0.710. The monoisotopic (exact) mass is 337 g/mol. The summed E-state index contributed by atoms with van der Waals surface area (Å²) >= 11 is 1.44. The molecule has 0 spiro atoms. The van der Waals surface area contributed by atoms with Gasteiger partial charge in [-0.2, -0.15) is 0 Å². The van der Waals surface area contributed by atoms with Crippen LogP contribution < -0.4 is 10.1 Å². The van der Waals surface area contributed by atoms with Gasteiger partial charge in [0.25, 0.3) is 5.91 Å². The van der Waals surface area contributed by atoms with Crippen molar-refractivity contribution in [2.24, 2.45) is 0 Å². The summed E-state index contributed by atoms with van der Waals surface area (Å²) in [5.74, 6) is 0.769. The summed E-state index contributed by atoms with van der Waals surface area (Å²) in [5, 5.41) is 5.04. The van der Waals surface area contributed by atoms with Crippen molar-refractivity contribution in [1.29, 1.82) is 0 Å². The van der Waals surface area contributed by atoms with Crippen molar-refractivity contribution in [3.63, 3.8) is 0 Å². The summed E-state index contributed by atoms with van der Waals surface area (Å²) in [6.45, 7) is 2.60. The molecule has 0 radical (unpaired) electrons. The minimum absolute atomic E-state index is 0.0623. The van der Waals surface area contributed by atoms with Gasteiger partial charge in [0.15, 0.2) is 0 Å². The average molecular weight is 337 g/mol. The smallest absolute Gasteiger partial charge is 0.262 e. The van der Waals surface area contributed by atoms with E-state index < -0.39 is 0 Å². The predicted molar refractivity (Wildman–Crippen MR) is 97.7 cm³/mol. The molecule has 1 N–H and O–H groups in total. The minimum Gasteiger partial charge on any atom is -0.494 e. The van der Waals surface area contributed by atoms with Gasteiger partial charge in [-0.05, 0) is 41.6 Å². The summed E-state index contributed by atoms with van der Waals surface area (Å²) in [6.07, 6.45) is 0. The number of nitrogens with one attached hydrogen (secondary N) is 1. The Morgan fingerprint density at radius 2 is 1.71 bits per heavy atom. The van der Waals surface area contributed by atoms with Crippen LogP contribution in [0.1, 0.15) is 33.8 Å². The van der Waals surface area contributed by atoms with E-state index in [-0.39, 0.29) is 11.9 Å². The van der Waals surface area contributed by atoms with E-state index in [0.29, 0.717) is 11.5 Å². The number of amides is 1. The Hall–Kier alpha value is -2.59. The van der Waals surface area contributed by atoms with Crippen molar-refractivity contribution in [2.45, 2.75) is 13.0 Å². The third-order valence-corrected chi connectivity index (χ3v) is 4.55. The van der Waals surface area contributed by atoms with Gasteiger partial charge in [-0.1, -0.05) is 48.5 Å². The fourth-order valence-corrected chi connectivity index (χ4v) is 3.16. The standard InChI is InChI=1S/C20H19NO2S/c1-2-23-17-12-10-16(11-13-17)19(15-7-4-3-5-8-15)21-20(22)18-9-6-14-24-18/h3-14,19H,2H2,1H3,(H,21,22)/t19-/m1/s1. The van der Waals surface area contributed by atoms with E-state index in [4.69, 9.17) is 4.74 Å². The van der Waals surface area contributed by atoms with Crippen LogP contribution in [0.2, 0.25) is 0 Å². The molecule has 1 aromatic heterocycles. The largest absolute Gasteiger partial charge is 0.494 e. The summed E-state index contributed by atoms with van der Waals surface area (Å²) in [4.78, 5) is 13.2. The maximum absolute atomic E-state index is 12.5. The maximum atomic E-state index is 12.5. The van der Waals surface area contributed by atoms with E-state index in [1.807, 2.05) is 79.0 Å². The second-order valence-corrected chi connectivity index (χ2v) is 6.24. The Morgan fingerprint density at radius 1 is 1.00 bits per heavy atom. The molecular formula is C20H19NO2S. The van der Waals surface area contributed by atoms with Crippen LogP contribution in [0.5, 0.6) is 5.75 Å². The van der Waals surface area contributed by atoms with Gasteiger partial charge < -0.3 is 10.1 Å². The minimum atomic E-state index is -0.198. The molecule has 3 nitrogen and oxygen atoms in total. The summed E-state index contributed by atoms with van der Waals surface area (Å²) in [7, 11) is 0. The molecule has 4 heteroatoms. The van der Waals surface area contributed by atoms with Gasteiger partial charge in [-0.15, -0.1) is 11.3 Å². The Bertz CT molecular complexity index is 767. The van der Waals surface area contributed by atoms with Crippen LogP contribution in [0.15, 0.2) is 72.1 Å². The Balaban J connectivity index is 1.89. The fraction of sp³-hybridized carbons (Fsp3) is 0.150. The zero-order chi connectivity index (χ0) is 16.8. The van der Waals surface area contributed by atoms with E-state index in [1.165, 1.54) is 11.3 Å². The first-order valence-corrected chi connectivity index (χ1v) is 8.78. The van der Waals surface area contributed by atoms with E-state index in [0.717, 1.165) is 16.9 Å². The number of carbonyl (C=O) groups excluding carboxylic acids is 1. The van der Waals surface area contributed by atoms with E-state index >= 15 is 0 Å². The van der Waals surface area contributed by atoms with Crippen LogP contribution in [-0.4, -0.2) is 12.5 Å². The zero-order valence-corrected chi connectivity index (χ0v) is 14.3. The SMILES string of the molecule is CCOc1ccc([C@H](NC(=O)c2cccs2)c2ccccc2)cc1. The molecule has 0 unspecified atom stereocenters. The van der Waals surface area contributed by atoms with Crippen molar-refractivity contribution < 1.29 is 9.53 Å². The van der Waals surface area contributed by atoms with Crippen molar-refractivity contribution >= 4 is 17.2 Å². The molecule has 2 aromatic carbocycles. The highest BCUT2D eigenvalue weighted by Crippen LogP contribution is 2.25. The molecule has 1 amide bonds. The Labute approximate surface area is 145 Å². The average Bonchev–Trinajstić information content (AvgIpc) is 3.16. The van der Waals surface area contributed by atoms with E-state index in [2.05, 4.69) is 5.32 Å². The molecule has 3 aromatic rings. The van der Waals surface area contributed by atoms with Crippen LogP contribution in [0.25, 0.3) is 0 Å². The molecule has 3 rings (SSSR count). The highest BCUT2D eigenvalue weighted by molar-refractivity contribution is 7.12. The number of ether oxygens (including phenoxy) is 1. The highest BCUT2D eigenvalue weighted by atomic mass is 32.1. The normalized spacial score (nSPS) is 11.7. The number of benzene rings is 2. The molecular weight excluding hydrogens is 318 g/mol. The van der Waals surface area contributed by atoms with Crippen LogP contribution >= 0.6 is 11.3 Å². The van der Waals surface area contributed by atoms with Gasteiger partial charge in [0.05, 0.1) is 17.5 Å². The molecule has 0 aliphatic rings. The van der Waals surface area contributed by atoms with Gasteiger partial charge in [0, 0.05) is 0 Å². The first-order valence-electron chi connectivity index (χ1n) is 7.90. The van der Waals surface area contributed by atoms with Gasteiger partial charge >= 0.3 is 0 Å². The van der Waals surface area contributed by atoms with Gasteiger partial charge in [-0.25, -0.2) is 0 Å². The molecule has 1 atom stereocenters. The lowest BCUT2D eigenvalue weighted by atomic mass is 9.98. The van der Waals surface area contributed by atoms with Crippen LogP contribution in [-0.2, 0) is 0 Å². The molecule has 0 aliphatic carbocycles. The second kappa shape index (κ2) is 7.79. The number of hydrogen-bond donors (Lipinski definition) is 1. The van der Waals surface area contributed by atoms with Crippen LogP contribution in [0.4, 0.5) is 0 Å². The van der Waals surface area contributed by atoms with Crippen molar-refractivity contribution in [2.75, 3.05) is 6.61 Å². The van der Waals surface area contributed by atoms with E-state index in [1.54, 1.807) is 0 Å². The molecule has 122 valence electrons. The van der Waals surface area contributed by atoms with E-state index in [9.17, 15) is 4.79 Å². The Morgan fingerprint density at radius 3 is 2.33 bits per heavy atom. The summed E-state index contributed by atoms with van der Waals surface area (Å²) in [6, 6.07) is 21.4. The number of thiophene rings is 1. The van der Waals surface area contributed by atoms with Crippen LogP contribution in [0.3, 0.4) is 0 Å². The third kappa shape index (κ3) is 3.84. The predicted octanol–water partition coefficient (Wildman–Crippen LogP) is 4.67. The summed E-state index contributed by atoms with van der Waals surface area (Å²) in [5.41, 5.74) is 2.07. The molecule has 0 bridgehead atoms. The van der Waals surface area contributed by atoms with Gasteiger partial charge in [0.2, 0.25) is 0 Å². The van der Waals surface area contributed by atoms with Crippen molar-refractivity contribution in [3.05, 3.63) is 88.1 Å². The lowest BCUT2D eigenvalue weighted by Crippen LogP contribution is -2.28. The van der Waals surface area contributed by atoms with Gasteiger partial charge in [-0.3, -0.25) is 4.79 Å². The molecule has 24 heavy (non-hydrogen) atoms. The first-order chi connectivity index (χ1) is 11.8. The summed E-state index contributed by atoms with van der Waals surface area (Å²) < 4.78 is 5.50. The lowest BCUT2D eigenvalue weighted by Gasteiger charge is -2.20. The molecule has 0 saturated carbocycles. The van der Waals surface area contributed by atoms with Gasteiger partial charge in [0.1, 0.15) is 5.75 Å². The number of rotatable bonds is 6. The molecule has 0 fully saturated rings. The highest BCUT2D eigenvalue weighted by Gasteiger charge is 2.18. The fourth-order valence-electron chi connectivity index (χ4n) is 2.54. The third-order valence-electron chi connectivity index (χ3n) is 3.68. The molecule has 1 heterocycles. The maximum Gasteiger partial charge on any atom is 0.262 e. The number of carbonyl (C=O) groups is 1. The van der Waals surface area contributed by atoms with Crippen molar-refractivity contribution in [3.8, 4) is 5.75 Å². The second-order valence-electron chi connectivity index (χ2n) is 5.30. The number of hydrogen-bond acceptors (Lipinski definition) is 3. The Kier molecular flexibility index (Phi) is 5.29. The first kappa shape index (κ1) is 16.3. The molecule has 0 aliphatic heterocycles. The van der Waals surface area contributed by atoms with Crippen molar-refractivity contribution in [1.82, 2.24) is 5.32 Å². The topological polar surface area (TPSA) is 38.3 Å². The zero-order valence-electron chi connectivity index (χ0n) is 13.4. The lowest BCUT2D eigenvalue weighted by molar-refractivity contribution is 0.0947.